The Kier molecular flexibility index (Phi) is 9.08. The van der Waals surface area contributed by atoms with Crippen LogP contribution in [0.15, 0.2) is 235 Å². The summed E-state index contributed by atoms with van der Waals surface area (Å²) in [5.74, 6) is 0.135. The molecule has 10 aromatic carbocycles. The molecule has 1 unspecified atom stereocenters. The number of fused-ring (bicyclic) bond motifs is 7. The minimum Gasteiger partial charge on any atom is -0.456 e. The summed E-state index contributed by atoms with van der Waals surface area (Å²) in [6.07, 6.45) is 1.86. The maximum atomic E-state index is 6.70. The van der Waals surface area contributed by atoms with Gasteiger partial charge in [0.25, 0.3) is 0 Å². The topological polar surface area (TPSA) is 16.4 Å². The first-order valence-electron chi connectivity index (χ1n) is 22.0. The van der Waals surface area contributed by atoms with Crippen LogP contribution in [0.25, 0.3) is 77.2 Å². The van der Waals surface area contributed by atoms with E-state index in [4.69, 9.17) is 4.42 Å². The molecule has 1 heterocycles. The highest BCUT2D eigenvalue weighted by Gasteiger charge is 2.30. The van der Waals surface area contributed by atoms with Gasteiger partial charge in [-0.1, -0.05) is 188 Å². The number of benzene rings is 10. The fourth-order valence-electron chi connectivity index (χ4n) is 10.2. The number of rotatable bonds is 7. The number of para-hydroxylation sites is 2. The van der Waals surface area contributed by atoms with E-state index < -0.39 is 0 Å². The fourth-order valence-corrected chi connectivity index (χ4v) is 10.2. The van der Waals surface area contributed by atoms with Crippen molar-refractivity contribution < 1.29 is 4.42 Å². The van der Waals surface area contributed by atoms with Crippen LogP contribution in [0.1, 0.15) is 29.0 Å². The molecule has 1 aliphatic carbocycles. The van der Waals surface area contributed by atoms with E-state index in [1.165, 1.54) is 77.4 Å². The van der Waals surface area contributed by atoms with Gasteiger partial charge in [-0.15, -0.1) is 0 Å². The zero-order chi connectivity index (χ0) is 41.7. The molecule has 63 heavy (non-hydrogen) atoms. The smallest absolute Gasteiger partial charge is 0.136 e. The number of aryl methyl sites for hydroxylation is 1. The standard InChI is InChI=1S/C61H43NO/c1-4-16-41(17-5-1)43-30-33-49(34-31-43)62(56-26-14-12-24-52(56)44-19-6-2-7-20-44)50-35-37-53-55(40-50)51(47-29-28-42-18-10-11-23-46(42)38-47)36-32-48-39-58-61(54-25-13-15-27-57(54)63-58)60(59(48)53)45-21-8-3-9-22-45/h1-31,33-35,37-40,51H,32,36H2. The molecule has 1 aromatic heterocycles. The molecule has 0 bridgehead atoms. The lowest BCUT2D eigenvalue weighted by Crippen LogP contribution is -2.12. The van der Waals surface area contributed by atoms with Crippen LogP contribution >= 0.6 is 0 Å². The quantitative estimate of drug-likeness (QED) is 0.160. The molecule has 0 saturated carbocycles. The third-order valence-electron chi connectivity index (χ3n) is 13.1. The number of furan rings is 1. The molecular formula is C61H43NO. The summed E-state index contributed by atoms with van der Waals surface area (Å²) < 4.78 is 6.70. The molecule has 0 spiro atoms. The minimum atomic E-state index is 0.135. The predicted octanol–water partition coefficient (Wildman–Crippen LogP) is 17.0. The highest BCUT2D eigenvalue weighted by molar-refractivity contribution is 6.17. The van der Waals surface area contributed by atoms with E-state index in [-0.39, 0.29) is 5.92 Å². The summed E-state index contributed by atoms with van der Waals surface area (Å²) in [5, 5.41) is 4.84. The third-order valence-corrected chi connectivity index (χ3v) is 13.1. The van der Waals surface area contributed by atoms with Gasteiger partial charge in [0.1, 0.15) is 11.2 Å². The van der Waals surface area contributed by atoms with Crippen LogP contribution in [0.2, 0.25) is 0 Å². The van der Waals surface area contributed by atoms with E-state index in [0.29, 0.717) is 0 Å². The van der Waals surface area contributed by atoms with Crippen LogP contribution < -0.4 is 4.90 Å². The first-order chi connectivity index (χ1) is 31.2. The highest BCUT2D eigenvalue weighted by Crippen LogP contribution is 2.52. The SMILES string of the molecule is c1ccc(-c2ccc(N(c3ccc4c(c3)C(c3ccc5ccccc5c3)CCc3cc5oc6ccccc6c5c(-c5ccccc5)c3-4)c3ccccc3-c3ccccc3)cc2)cc1. The lowest BCUT2D eigenvalue weighted by atomic mass is 9.82. The van der Waals surface area contributed by atoms with Crippen molar-refractivity contribution in [2.24, 2.45) is 0 Å². The molecule has 2 nitrogen and oxygen atoms in total. The van der Waals surface area contributed by atoms with Gasteiger partial charge in [-0.05, 0) is 116 Å². The Morgan fingerprint density at radius 3 is 1.84 bits per heavy atom. The van der Waals surface area contributed by atoms with Gasteiger partial charge in [0.2, 0.25) is 0 Å². The second-order valence-electron chi connectivity index (χ2n) is 16.7. The summed E-state index contributed by atoms with van der Waals surface area (Å²) in [6.45, 7) is 0. The summed E-state index contributed by atoms with van der Waals surface area (Å²) in [4.78, 5) is 2.46. The average Bonchev–Trinajstić information content (AvgIpc) is 3.65. The Morgan fingerprint density at radius 2 is 1.05 bits per heavy atom. The summed E-state index contributed by atoms with van der Waals surface area (Å²) in [5.41, 5.74) is 19.0. The number of nitrogens with zero attached hydrogens (tertiary/aromatic N) is 1. The van der Waals surface area contributed by atoms with Crippen molar-refractivity contribution >= 4 is 49.8 Å². The van der Waals surface area contributed by atoms with Crippen LogP contribution in [-0.2, 0) is 6.42 Å². The first kappa shape index (κ1) is 36.9. The zero-order valence-corrected chi connectivity index (χ0v) is 34.8. The minimum absolute atomic E-state index is 0.135. The fraction of sp³-hybridized carbons (Fsp3) is 0.0492. The number of anilines is 3. The Bertz CT molecular complexity index is 3440. The van der Waals surface area contributed by atoms with E-state index >= 15 is 0 Å². The molecule has 0 radical (unpaired) electrons. The van der Waals surface area contributed by atoms with Gasteiger partial charge >= 0.3 is 0 Å². The third kappa shape index (κ3) is 6.51. The number of hydrogen-bond acceptors (Lipinski definition) is 2. The van der Waals surface area contributed by atoms with Crippen LogP contribution in [0.4, 0.5) is 17.1 Å². The van der Waals surface area contributed by atoms with E-state index in [9.17, 15) is 0 Å². The monoisotopic (exact) mass is 805 g/mol. The molecule has 1 atom stereocenters. The zero-order valence-electron chi connectivity index (χ0n) is 34.8. The molecule has 1 aliphatic rings. The summed E-state index contributed by atoms with van der Waals surface area (Å²) in [6, 6.07) is 84.2. The maximum absolute atomic E-state index is 6.70. The van der Waals surface area contributed by atoms with E-state index in [2.05, 4.69) is 235 Å². The molecule has 0 amide bonds. The molecule has 0 saturated heterocycles. The molecular weight excluding hydrogens is 763 g/mol. The van der Waals surface area contributed by atoms with Gasteiger partial charge in [0, 0.05) is 39.2 Å². The van der Waals surface area contributed by atoms with Crippen molar-refractivity contribution in [2.75, 3.05) is 4.90 Å². The van der Waals surface area contributed by atoms with E-state index in [1.54, 1.807) is 0 Å². The molecule has 2 heteroatoms. The van der Waals surface area contributed by atoms with Crippen LogP contribution in [0.5, 0.6) is 0 Å². The maximum Gasteiger partial charge on any atom is 0.136 e. The molecule has 11 aromatic rings. The van der Waals surface area contributed by atoms with Crippen LogP contribution in [-0.4, -0.2) is 0 Å². The Balaban J connectivity index is 1.13. The van der Waals surface area contributed by atoms with Crippen molar-refractivity contribution in [3.63, 3.8) is 0 Å². The Morgan fingerprint density at radius 1 is 0.413 bits per heavy atom. The summed E-state index contributed by atoms with van der Waals surface area (Å²) >= 11 is 0. The molecule has 0 fully saturated rings. The average molecular weight is 806 g/mol. The van der Waals surface area contributed by atoms with Crippen molar-refractivity contribution in [3.8, 4) is 44.5 Å². The van der Waals surface area contributed by atoms with Gasteiger partial charge in [-0.2, -0.15) is 0 Å². The first-order valence-corrected chi connectivity index (χ1v) is 22.0. The predicted molar refractivity (Wildman–Crippen MR) is 264 cm³/mol. The van der Waals surface area contributed by atoms with Crippen LogP contribution in [0.3, 0.4) is 0 Å². The van der Waals surface area contributed by atoms with Gasteiger partial charge in [-0.25, -0.2) is 0 Å². The van der Waals surface area contributed by atoms with Crippen LogP contribution in [0, 0.1) is 0 Å². The molecule has 298 valence electrons. The number of hydrogen-bond donors (Lipinski definition) is 0. The van der Waals surface area contributed by atoms with Gasteiger partial charge in [0.15, 0.2) is 0 Å². The molecule has 12 rings (SSSR count). The normalized spacial score (nSPS) is 13.4. The second-order valence-corrected chi connectivity index (χ2v) is 16.7. The molecule has 0 aliphatic heterocycles. The van der Waals surface area contributed by atoms with Gasteiger partial charge < -0.3 is 9.32 Å². The molecule has 0 N–H and O–H groups in total. The van der Waals surface area contributed by atoms with E-state index in [0.717, 1.165) is 46.5 Å². The van der Waals surface area contributed by atoms with Crippen molar-refractivity contribution in [2.45, 2.75) is 18.8 Å². The Hall–Kier alpha value is -7.94. The van der Waals surface area contributed by atoms with E-state index in [1.807, 2.05) is 0 Å². The van der Waals surface area contributed by atoms with Crippen molar-refractivity contribution in [1.82, 2.24) is 0 Å². The summed E-state index contributed by atoms with van der Waals surface area (Å²) in [7, 11) is 0. The van der Waals surface area contributed by atoms with Gasteiger partial charge in [-0.3, -0.25) is 0 Å². The van der Waals surface area contributed by atoms with Gasteiger partial charge in [0.05, 0.1) is 5.69 Å². The second kappa shape index (κ2) is 15.5. The highest BCUT2D eigenvalue weighted by atomic mass is 16.3. The van der Waals surface area contributed by atoms with Crippen molar-refractivity contribution in [1.29, 1.82) is 0 Å². The lowest BCUT2D eigenvalue weighted by molar-refractivity contribution is 0.667. The lowest BCUT2D eigenvalue weighted by Gasteiger charge is -2.30. The van der Waals surface area contributed by atoms with Crippen molar-refractivity contribution in [3.05, 3.63) is 247 Å². The largest absolute Gasteiger partial charge is 0.456 e. The Labute approximate surface area is 368 Å².